The fourth-order valence-electron chi connectivity index (χ4n) is 7.99. The lowest BCUT2D eigenvalue weighted by molar-refractivity contribution is -0.0983. The predicted molar refractivity (Wildman–Crippen MR) is 167 cm³/mol. The van der Waals surface area contributed by atoms with Crippen molar-refractivity contribution >= 4 is 11.6 Å². The van der Waals surface area contributed by atoms with E-state index >= 15 is 0 Å². The number of nitrogens with zero attached hydrogens (tertiary/aromatic N) is 4. The summed E-state index contributed by atoms with van der Waals surface area (Å²) >= 11 is 0. The number of aromatic nitrogens is 2. The number of allylic oxidation sites excluding steroid dienone is 2. The average molecular weight is 672 g/mol. The van der Waals surface area contributed by atoms with Gasteiger partial charge in [-0.05, 0) is 70.3 Å². The van der Waals surface area contributed by atoms with E-state index in [9.17, 15) is 30.7 Å². The van der Waals surface area contributed by atoms with Crippen LogP contribution in [0.15, 0.2) is 42.8 Å². The predicted octanol–water partition coefficient (Wildman–Crippen LogP) is 8.08. The molecule has 4 fully saturated rings. The Balaban J connectivity index is 1.43. The fourth-order valence-corrected chi connectivity index (χ4v) is 7.99. The van der Waals surface area contributed by atoms with Crippen molar-refractivity contribution in [3.63, 3.8) is 0 Å². The Morgan fingerprint density at radius 1 is 1.11 bits per heavy atom. The Labute approximate surface area is 271 Å². The number of rotatable bonds is 13. The standard InChI is InChI=1S/C34H44F7N5O/c1-6-26-29(22(5)36)43-32(47-18-33-12-7-13-45(33)16-24(15-33)30(37)38)44-31(26)46-17-25-10-11-27(42-25)28(46)14-23(21(4)35)9-8-19(2)20(3)34(39,40)41/h19,23,25,27-28,42H,3-18H2,1-2H3/t19?,23-,25+,27-,28+,33-/m0/s1. The number of anilines is 1. The van der Waals surface area contributed by atoms with Crippen LogP contribution in [-0.2, 0) is 6.42 Å². The molecule has 47 heavy (non-hydrogen) atoms. The molecule has 2 bridgehead atoms. The van der Waals surface area contributed by atoms with Crippen molar-refractivity contribution in [3.05, 3.63) is 54.0 Å². The van der Waals surface area contributed by atoms with Gasteiger partial charge in [-0.2, -0.15) is 31.9 Å². The van der Waals surface area contributed by atoms with Gasteiger partial charge in [0.1, 0.15) is 23.9 Å². The van der Waals surface area contributed by atoms with Crippen molar-refractivity contribution in [1.82, 2.24) is 20.2 Å². The molecule has 5 heterocycles. The molecule has 1 aromatic heterocycles. The van der Waals surface area contributed by atoms with Crippen LogP contribution in [0.2, 0.25) is 0 Å². The van der Waals surface area contributed by atoms with E-state index in [0.29, 0.717) is 37.3 Å². The zero-order valence-corrected chi connectivity index (χ0v) is 27.0. The van der Waals surface area contributed by atoms with Crippen LogP contribution in [0.4, 0.5) is 36.6 Å². The number of nitrogens with one attached hydrogen (secondary N) is 1. The summed E-state index contributed by atoms with van der Waals surface area (Å²) in [5.74, 6) is -2.56. The van der Waals surface area contributed by atoms with Crippen LogP contribution in [0.25, 0.3) is 5.83 Å². The maximum absolute atomic E-state index is 15.0. The first-order valence-corrected chi connectivity index (χ1v) is 16.4. The van der Waals surface area contributed by atoms with Crippen LogP contribution >= 0.6 is 0 Å². The third-order valence-corrected chi connectivity index (χ3v) is 10.7. The van der Waals surface area contributed by atoms with E-state index in [1.54, 1.807) is 0 Å². The van der Waals surface area contributed by atoms with Gasteiger partial charge < -0.3 is 15.0 Å². The molecule has 5 rings (SSSR count). The second-order valence-corrected chi connectivity index (χ2v) is 13.6. The highest BCUT2D eigenvalue weighted by Gasteiger charge is 2.49. The highest BCUT2D eigenvalue weighted by Crippen LogP contribution is 2.44. The maximum atomic E-state index is 15.0. The summed E-state index contributed by atoms with van der Waals surface area (Å²) in [5.41, 5.74) is -0.883. The maximum Gasteiger partial charge on any atom is 0.412 e. The summed E-state index contributed by atoms with van der Waals surface area (Å²) < 4.78 is 103. The second-order valence-electron chi connectivity index (χ2n) is 13.6. The van der Waals surface area contributed by atoms with Crippen molar-refractivity contribution < 1.29 is 35.5 Å². The van der Waals surface area contributed by atoms with Gasteiger partial charge in [0.25, 0.3) is 6.08 Å². The second kappa shape index (κ2) is 13.9. The van der Waals surface area contributed by atoms with Gasteiger partial charge in [0.2, 0.25) is 0 Å². The van der Waals surface area contributed by atoms with E-state index in [-0.39, 0.29) is 74.2 Å². The minimum Gasteiger partial charge on any atom is -0.461 e. The van der Waals surface area contributed by atoms with Crippen molar-refractivity contribution in [2.75, 3.05) is 31.1 Å². The molecule has 1 unspecified atom stereocenters. The van der Waals surface area contributed by atoms with E-state index < -0.39 is 46.9 Å². The van der Waals surface area contributed by atoms with Gasteiger partial charge >= 0.3 is 12.2 Å². The summed E-state index contributed by atoms with van der Waals surface area (Å²) in [7, 11) is 0. The lowest BCUT2D eigenvalue weighted by Gasteiger charge is -2.44. The zero-order chi connectivity index (χ0) is 34.3. The SMILES string of the molecule is C=C(F)c1nc(OC[C@@]23CCCN2CC(=C(F)F)C3)nc(N2C[C@H]3CC[C@H](N3)[C@H]2C[C@H](CCC(C)C(=C)C(F)(F)F)C(=C)F)c1CC. The van der Waals surface area contributed by atoms with Crippen LogP contribution in [0.1, 0.15) is 76.5 Å². The van der Waals surface area contributed by atoms with E-state index in [1.807, 2.05) is 16.7 Å². The molecule has 4 saturated heterocycles. The lowest BCUT2D eigenvalue weighted by Crippen LogP contribution is -2.59. The fraction of sp³-hybridized carbons (Fsp3) is 0.647. The van der Waals surface area contributed by atoms with Gasteiger partial charge in [-0.15, -0.1) is 0 Å². The van der Waals surface area contributed by atoms with Crippen LogP contribution in [0.3, 0.4) is 0 Å². The van der Waals surface area contributed by atoms with Crippen LogP contribution in [-0.4, -0.2) is 70.9 Å². The van der Waals surface area contributed by atoms with Crippen molar-refractivity contribution in [1.29, 1.82) is 0 Å². The highest BCUT2D eigenvalue weighted by molar-refractivity contribution is 5.65. The normalized spacial score (nSPS) is 27.1. The topological polar surface area (TPSA) is 53.5 Å². The molecule has 0 amide bonds. The number of halogens is 7. The van der Waals surface area contributed by atoms with Gasteiger partial charge in [0.05, 0.1) is 11.4 Å². The first-order chi connectivity index (χ1) is 22.1. The summed E-state index contributed by atoms with van der Waals surface area (Å²) in [4.78, 5) is 13.2. The molecule has 0 aromatic carbocycles. The number of piperazine rings is 1. The van der Waals surface area contributed by atoms with E-state index in [2.05, 4.69) is 30.0 Å². The van der Waals surface area contributed by atoms with Gasteiger partial charge in [0, 0.05) is 53.8 Å². The third-order valence-electron chi connectivity index (χ3n) is 10.7. The zero-order valence-electron chi connectivity index (χ0n) is 27.0. The van der Waals surface area contributed by atoms with E-state index in [0.717, 1.165) is 19.3 Å². The minimum absolute atomic E-state index is 0.00865. The number of hydrogen-bond acceptors (Lipinski definition) is 6. The number of ether oxygens (including phenoxy) is 1. The lowest BCUT2D eigenvalue weighted by atomic mass is 9.85. The molecule has 1 N–H and O–H groups in total. The summed E-state index contributed by atoms with van der Waals surface area (Å²) in [5, 5.41) is 3.58. The average Bonchev–Trinajstić information content (AvgIpc) is 3.70. The highest BCUT2D eigenvalue weighted by atomic mass is 19.4. The largest absolute Gasteiger partial charge is 0.461 e. The van der Waals surface area contributed by atoms with Crippen molar-refractivity contribution in [2.45, 2.75) is 101 Å². The molecule has 0 radical (unpaired) electrons. The number of fused-ring (bicyclic) bond motifs is 3. The molecule has 0 saturated carbocycles. The summed E-state index contributed by atoms with van der Waals surface area (Å²) in [6.07, 6.45) is -2.02. The Kier molecular flexibility index (Phi) is 10.5. The summed E-state index contributed by atoms with van der Waals surface area (Å²) in [6, 6.07) is -0.393. The molecule has 0 aliphatic carbocycles. The monoisotopic (exact) mass is 671 g/mol. The quantitative estimate of drug-likeness (QED) is 0.169. The molecule has 4 aliphatic heterocycles. The Morgan fingerprint density at radius 2 is 1.85 bits per heavy atom. The van der Waals surface area contributed by atoms with Gasteiger partial charge in [-0.25, -0.2) is 8.78 Å². The Morgan fingerprint density at radius 3 is 2.49 bits per heavy atom. The molecule has 13 heteroatoms. The smallest absolute Gasteiger partial charge is 0.412 e. The Hall–Kier alpha value is -2.93. The van der Waals surface area contributed by atoms with Crippen molar-refractivity contribution in [2.24, 2.45) is 11.8 Å². The van der Waals surface area contributed by atoms with Gasteiger partial charge in [-0.1, -0.05) is 33.6 Å². The molecule has 6 atom stereocenters. The molecular formula is C34H44F7N5O. The number of alkyl halides is 3. The van der Waals surface area contributed by atoms with E-state index in [1.165, 1.54) is 6.92 Å². The molecule has 6 nitrogen and oxygen atoms in total. The van der Waals surface area contributed by atoms with Crippen LogP contribution < -0.4 is 15.0 Å². The number of hydrogen-bond donors (Lipinski definition) is 1. The van der Waals surface area contributed by atoms with Crippen LogP contribution in [0.5, 0.6) is 6.01 Å². The molecular weight excluding hydrogens is 627 g/mol. The minimum atomic E-state index is -4.53. The summed E-state index contributed by atoms with van der Waals surface area (Å²) in [6.45, 7) is 14.9. The molecule has 0 spiro atoms. The third kappa shape index (κ3) is 7.40. The first-order valence-electron chi connectivity index (χ1n) is 16.4. The Bertz CT molecular complexity index is 1410. The van der Waals surface area contributed by atoms with Gasteiger partial charge in [0.15, 0.2) is 0 Å². The molecule has 4 aliphatic rings. The van der Waals surface area contributed by atoms with E-state index in [4.69, 9.17) is 9.72 Å². The van der Waals surface area contributed by atoms with Crippen molar-refractivity contribution in [3.8, 4) is 6.01 Å². The van der Waals surface area contributed by atoms with Gasteiger partial charge in [-0.3, -0.25) is 4.90 Å². The molecule has 1 aromatic rings. The van der Waals surface area contributed by atoms with Crippen LogP contribution in [0, 0.1) is 11.8 Å². The molecule has 260 valence electrons. The first kappa shape index (κ1) is 35.4.